The van der Waals surface area contributed by atoms with Gasteiger partial charge in [0.05, 0.1) is 6.54 Å². The lowest BCUT2D eigenvalue weighted by atomic mass is 10.1. The van der Waals surface area contributed by atoms with Crippen LogP contribution >= 0.6 is 0 Å². The van der Waals surface area contributed by atoms with E-state index >= 15 is 0 Å². The molecule has 0 unspecified atom stereocenters. The van der Waals surface area contributed by atoms with Crippen molar-refractivity contribution >= 4 is 16.8 Å². The van der Waals surface area contributed by atoms with E-state index in [2.05, 4.69) is 16.4 Å². The summed E-state index contributed by atoms with van der Waals surface area (Å²) in [5.74, 6) is 1.05. The van der Waals surface area contributed by atoms with Crippen LogP contribution in [0, 0.1) is 31.0 Å². The third-order valence-corrected chi connectivity index (χ3v) is 3.63. The van der Waals surface area contributed by atoms with E-state index in [4.69, 9.17) is 9.68 Å². The molecule has 0 saturated carbocycles. The molecule has 0 amide bonds. The monoisotopic (exact) mass is 295 g/mol. The predicted molar refractivity (Wildman–Crippen MR) is 81.9 cm³/mol. The number of nitrogens with one attached hydrogen (secondary N) is 1. The van der Waals surface area contributed by atoms with Crippen LogP contribution in [0.4, 0.5) is 10.2 Å². The molecule has 0 saturated heterocycles. The van der Waals surface area contributed by atoms with E-state index < -0.39 is 0 Å². The minimum Gasteiger partial charge on any atom is -0.459 e. The molecular weight excluding hydrogens is 281 g/mol. The van der Waals surface area contributed by atoms with Gasteiger partial charge in [-0.05, 0) is 43.7 Å². The molecule has 1 aromatic carbocycles. The van der Waals surface area contributed by atoms with Crippen molar-refractivity contribution in [3.8, 4) is 6.07 Å². The maximum atomic E-state index is 13.3. The zero-order chi connectivity index (χ0) is 15.7. The summed E-state index contributed by atoms with van der Waals surface area (Å²) in [6.45, 7) is 4.15. The van der Waals surface area contributed by atoms with Crippen LogP contribution in [0.25, 0.3) is 11.0 Å². The first-order chi connectivity index (χ1) is 10.6. The smallest absolute Gasteiger partial charge is 0.145 e. The van der Waals surface area contributed by atoms with Crippen LogP contribution in [0.5, 0.6) is 0 Å². The lowest BCUT2D eigenvalue weighted by Crippen LogP contribution is -2.03. The Hall–Kier alpha value is -2.87. The summed E-state index contributed by atoms with van der Waals surface area (Å²) in [7, 11) is 0. The molecule has 5 heteroatoms. The van der Waals surface area contributed by atoms with Crippen molar-refractivity contribution in [1.29, 1.82) is 5.26 Å². The number of nitriles is 1. The van der Waals surface area contributed by atoms with E-state index in [0.717, 1.165) is 22.3 Å². The van der Waals surface area contributed by atoms with E-state index in [9.17, 15) is 4.39 Å². The Morgan fingerprint density at radius 3 is 2.86 bits per heavy atom. The Morgan fingerprint density at radius 2 is 2.09 bits per heavy atom. The Labute approximate surface area is 127 Å². The molecule has 110 valence electrons. The number of fused-ring (bicyclic) bond motifs is 1. The second-order valence-corrected chi connectivity index (χ2v) is 5.12. The van der Waals surface area contributed by atoms with Gasteiger partial charge in [0.15, 0.2) is 0 Å². The molecule has 2 aromatic heterocycles. The van der Waals surface area contributed by atoms with Gasteiger partial charge in [-0.15, -0.1) is 0 Å². The van der Waals surface area contributed by atoms with Crippen LogP contribution in [0.1, 0.15) is 22.6 Å². The van der Waals surface area contributed by atoms with Crippen LogP contribution in [-0.2, 0) is 6.54 Å². The van der Waals surface area contributed by atoms with Crippen molar-refractivity contribution < 1.29 is 8.81 Å². The number of hydrogen-bond acceptors (Lipinski definition) is 4. The molecule has 1 N–H and O–H groups in total. The molecule has 0 fully saturated rings. The first-order valence-corrected chi connectivity index (χ1v) is 6.87. The zero-order valence-corrected chi connectivity index (χ0v) is 12.3. The standard InChI is InChI=1S/C17H14FN3O/c1-10-3-6-17(21-14(10)8-19)20-9-16-11(2)13-7-12(18)4-5-15(13)22-16/h3-7H,9H2,1-2H3,(H,20,21). The number of rotatable bonds is 3. The zero-order valence-electron chi connectivity index (χ0n) is 12.3. The number of anilines is 1. The average Bonchev–Trinajstić information content (AvgIpc) is 2.83. The van der Waals surface area contributed by atoms with Crippen molar-refractivity contribution in [2.75, 3.05) is 5.32 Å². The molecule has 0 atom stereocenters. The topological polar surface area (TPSA) is 61.9 Å². The highest BCUT2D eigenvalue weighted by molar-refractivity contribution is 5.82. The van der Waals surface area contributed by atoms with E-state index in [1.165, 1.54) is 12.1 Å². The van der Waals surface area contributed by atoms with Gasteiger partial charge in [0.25, 0.3) is 0 Å². The van der Waals surface area contributed by atoms with Gasteiger partial charge in [-0.2, -0.15) is 5.26 Å². The quantitative estimate of drug-likeness (QED) is 0.791. The highest BCUT2D eigenvalue weighted by Gasteiger charge is 2.11. The third-order valence-electron chi connectivity index (χ3n) is 3.63. The number of benzene rings is 1. The third kappa shape index (κ3) is 2.51. The van der Waals surface area contributed by atoms with Crippen LogP contribution in [0.2, 0.25) is 0 Å². The van der Waals surface area contributed by atoms with Crippen LogP contribution in [0.15, 0.2) is 34.7 Å². The van der Waals surface area contributed by atoms with Gasteiger partial charge in [-0.1, -0.05) is 6.07 Å². The van der Waals surface area contributed by atoms with Gasteiger partial charge < -0.3 is 9.73 Å². The second-order valence-electron chi connectivity index (χ2n) is 5.12. The summed E-state index contributed by atoms with van der Waals surface area (Å²) in [4.78, 5) is 4.23. The van der Waals surface area contributed by atoms with Gasteiger partial charge in [0.1, 0.15) is 34.7 Å². The molecule has 3 rings (SSSR count). The van der Waals surface area contributed by atoms with Crippen LogP contribution in [0.3, 0.4) is 0 Å². The Kier molecular flexibility index (Phi) is 3.51. The predicted octanol–water partition coefficient (Wildman–Crippen LogP) is 4.07. The van der Waals surface area contributed by atoms with Gasteiger partial charge in [0.2, 0.25) is 0 Å². The summed E-state index contributed by atoms with van der Waals surface area (Å²) >= 11 is 0. The molecule has 0 bridgehead atoms. The fourth-order valence-electron chi connectivity index (χ4n) is 2.32. The number of halogens is 1. The van der Waals surface area contributed by atoms with E-state index in [1.807, 2.05) is 26.0 Å². The maximum Gasteiger partial charge on any atom is 0.145 e. The van der Waals surface area contributed by atoms with Gasteiger partial charge in [-0.25, -0.2) is 9.37 Å². The van der Waals surface area contributed by atoms with E-state index in [0.29, 0.717) is 23.6 Å². The first kappa shape index (κ1) is 14.1. The number of nitrogens with zero attached hydrogens (tertiary/aromatic N) is 2. The first-order valence-electron chi connectivity index (χ1n) is 6.87. The minimum atomic E-state index is -0.283. The summed E-state index contributed by atoms with van der Waals surface area (Å²) in [5.41, 5.74) is 2.79. The van der Waals surface area contributed by atoms with Crippen molar-refractivity contribution in [2.45, 2.75) is 20.4 Å². The molecule has 2 heterocycles. The molecule has 0 aliphatic carbocycles. The number of hydrogen-bond donors (Lipinski definition) is 1. The average molecular weight is 295 g/mol. The van der Waals surface area contributed by atoms with Crippen molar-refractivity contribution in [1.82, 2.24) is 4.98 Å². The lowest BCUT2D eigenvalue weighted by molar-refractivity contribution is 0.554. The highest BCUT2D eigenvalue weighted by atomic mass is 19.1. The SMILES string of the molecule is Cc1ccc(NCc2oc3ccc(F)cc3c2C)nc1C#N. The number of furan rings is 1. The molecule has 4 nitrogen and oxygen atoms in total. The van der Waals surface area contributed by atoms with Crippen LogP contribution < -0.4 is 5.32 Å². The number of pyridine rings is 1. The Balaban J connectivity index is 1.85. The molecule has 0 aliphatic rings. The summed E-state index contributed by atoms with van der Waals surface area (Å²) in [6.07, 6.45) is 0. The molecule has 22 heavy (non-hydrogen) atoms. The van der Waals surface area contributed by atoms with Crippen molar-refractivity contribution in [2.24, 2.45) is 0 Å². The van der Waals surface area contributed by atoms with Crippen LogP contribution in [-0.4, -0.2) is 4.98 Å². The van der Waals surface area contributed by atoms with Crippen molar-refractivity contribution in [3.05, 3.63) is 58.7 Å². The normalized spacial score (nSPS) is 10.6. The van der Waals surface area contributed by atoms with E-state index in [-0.39, 0.29) is 5.82 Å². The van der Waals surface area contributed by atoms with E-state index in [1.54, 1.807) is 6.07 Å². The Bertz CT molecular complexity index is 893. The molecule has 0 aliphatic heterocycles. The van der Waals surface area contributed by atoms with Gasteiger partial charge in [0, 0.05) is 10.9 Å². The summed E-state index contributed by atoms with van der Waals surface area (Å²) in [6, 6.07) is 10.2. The molecule has 0 radical (unpaired) electrons. The number of aryl methyl sites for hydroxylation is 2. The largest absolute Gasteiger partial charge is 0.459 e. The van der Waals surface area contributed by atoms with Gasteiger partial charge in [-0.3, -0.25) is 0 Å². The second kappa shape index (κ2) is 5.49. The Morgan fingerprint density at radius 1 is 1.27 bits per heavy atom. The number of aromatic nitrogens is 1. The maximum absolute atomic E-state index is 13.3. The van der Waals surface area contributed by atoms with Crippen molar-refractivity contribution in [3.63, 3.8) is 0 Å². The fourth-order valence-corrected chi connectivity index (χ4v) is 2.32. The molecule has 3 aromatic rings. The lowest BCUT2D eigenvalue weighted by Gasteiger charge is -2.05. The summed E-state index contributed by atoms with van der Waals surface area (Å²) < 4.78 is 19.0. The minimum absolute atomic E-state index is 0.283. The fraction of sp³-hybridized carbons (Fsp3) is 0.176. The molecular formula is C17H14FN3O. The summed E-state index contributed by atoms with van der Waals surface area (Å²) in [5, 5.41) is 12.9. The molecule has 0 spiro atoms. The van der Waals surface area contributed by atoms with Gasteiger partial charge >= 0.3 is 0 Å². The highest BCUT2D eigenvalue weighted by Crippen LogP contribution is 2.26.